The molecule has 2 aromatic carbocycles. The molecule has 10 heteroatoms. The molecule has 0 bridgehead atoms. The number of benzene rings is 2. The largest absolute Gasteiger partial charge is 0.447 e. The van der Waals surface area contributed by atoms with Crippen molar-refractivity contribution in [2.24, 2.45) is 0 Å². The summed E-state index contributed by atoms with van der Waals surface area (Å²) in [4.78, 5) is 35.3. The first-order valence-electron chi connectivity index (χ1n) is 11.5. The maximum atomic E-state index is 13.3. The molecule has 0 radical (unpaired) electrons. The highest BCUT2D eigenvalue weighted by molar-refractivity contribution is 7.90. The van der Waals surface area contributed by atoms with Gasteiger partial charge in [-0.05, 0) is 30.4 Å². The Morgan fingerprint density at radius 2 is 1.51 bits per heavy atom. The third kappa shape index (κ3) is 4.47. The van der Waals surface area contributed by atoms with E-state index in [9.17, 15) is 18.0 Å². The van der Waals surface area contributed by atoms with Gasteiger partial charge in [-0.25, -0.2) is 17.4 Å². The van der Waals surface area contributed by atoms with Gasteiger partial charge < -0.3 is 14.4 Å². The number of rotatable bonds is 4. The van der Waals surface area contributed by atoms with E-state index >= 15 is 0 Å². The summed E-state index contributed by atoms with van der Waals surface area (Å²) in [6.45, 7) is 5.85. The Balaban J connectivity index is 1.67. The van der Waals surface area contributed by atoms with E-state index in [4.69, 9.17) is 4.42 Å². The number of hydrogen-bond donors (Lipinski definition) is 2. The van der Waals surface area contributed by atoms with Crippen LogP contribution in [-0.2, 0) is 15.4 Å². The van der Waals surface area contributed by atoms with E-state index in [0.29, 0.717) is 27.9 Å². The molecule has 188 valence electrons. The Morgan fingerprint density at radius 3 is 2.19 bits per heavy atom. The first-order chi connectivity index (χ1) is 17.6. The summed E-state index contributed by atoms with van der Waals surface area (Å²) in [6, 6.07) is 15.0. The van der Waals surface area contributed by atoms with Crippen LogP contribution in [0.2, 0.25) is 0 Å². The zero-order valence-electron chi connectivity index (χ0n) is 20.3. The molecule has 0 fully saturated rings. The van der Waals surface area contributed by atoms with Gasteiger partial charge in [0.25, 0.3) is 21.1 Å². The van der Waals surface area contributed by atoms with E-state index in [1.54, 1.807) is 42.5 Å². The summed E-state index contributed by atoms with van der Waals surface area (Å²) < 4.78 is 33.3. The van der Waals surface area contributed by atoms with Gasteiger partial charge in [-0.3, -0.25) is 9.59 Å². The molecule has 37 heavy (non-hydrogen) atoms. The minimum atomic E-state index is -3.89. The topological polar surface area (TPSA) is 131 Å². The number of aromatic amines is 2. The molecule has 5 rings (SSSR count). The van der Waals surface area contributed by atoms with Crippen LogP contribution in [0.15, 0.2) is 86.1 Å². The highest BCUT2D eigenvalue weighted by Gasteiger charge is 2.22. The van der Waals surface area contributed by atoms with Crippen molar-refractivity contribution in [1.29, 1.82) is 0 Å². The highest BCUT2D eigenvalue weighted by atomic mass is 32.2. The third-order valence-electron chi connectivity index (χ3n) is 5.85. The summed E-state index contributed by atoms with van der Waals surface area (Å²) in [7, 11) is -3.89. The maximum Gasteiger partial charge on any atom is 0.272 e. The summed E-state index contributed by atoms with van der Waals surface area (Å²) in [6.07, 6.45) is 5.66. The summed E-state index contributed by atoms with van der Waals surface area (Å²) in [5, 5.41) is 0.615. The van der Waals surface area contributed by atoms with E-state index in [2.05, 4.69) is 15.0 Å². The van der Waals surface area contributed by atoms with Gasteiger partial charge in [-0.1, -0.05) is 57.2 Å². The predicted molar refractivity (Wildman–Crippen MR) is 140 cm³/mol. The molecule has 0 aliphatic rings. The van der Waals surface area contributed by atoms with Gasteiger partial charge >= 0.3 is 0 Å². The first-order valence-corrected chi connectivity index (χ1v) is 12.9. The van der Waals surface area contributed by atoms with Gasteiger partial charge in [-0.15, -0.1) is 0 Å². The van der Waals surface area contributed by atoms with Crippen LogP contribution in [0.3, 0.4) is 0 Å². The molecular formula is C27H24N4O5S. The molecule has 0 saturated carbocycles. The Bertz CT molecular complexity index is 1970. The molecule has 5 aromatic rings. The van der Waals surface area contributed by atoms with Crippen LogP contribution in [0.4, 0.5) is 0 Å². The van der Waals surface area contributed by atoms with Gasteiger partial charge in [0.1, 0.15) is 22.2 Å². The van der Waals surface area contributed by atoms with Crippen LogP contribution < -0.4 is 21.8 Å². The monoisotopic (exact) mass is 516 g/mol. The lowest BCUT2D eigenvalue weighted by molar-refractivity contribution is 0.407. The van der Waals surface area contributed by atoms with Gasteiger partial charge in [0.15, 0.2) is 6.39 Å². The van der Waals surface area contributed by atoms with Crippen molar-refractivity contribution in [3.05, 3.63) is 116 Å². The Kier molecular flexibility index (Phi) is 5.83. The molecule has 2 N–H and O–H groups in total. The Labute approximate surface area is 211 Å². The van der Waals surface area contributed by atoms with Crippen molar-refractivity contribution >= 4 is 33.1 Å². The molecule has 0 unspecified atom stereocenters. The van der Waals surface area contributed by atoms with Crippen LogP contribution >= 0.6 is 0 Å². The van der Waals surface area contributed by atoms with E-state index < -0.39 is 21.1 Å². The second-order valence-electron chi connectivity index (χ2n) is 9.56. The number of H-pyrrole nitrogens is 2. The van der Waals surface area contributed by atoms with Crippen molar-refractivity contribution in [1.82, 2.24) is 18.9 Å². The fourth-order valence-corrected chi connectivity index (χ4v) is 5.50. The van der Waals surface area contributed by atoms with E-state index in [0.717, 1.165) is 0 Å². The van der Waals surface area contributed by atoms with Crippen LogP contribution in [0.5, 0.6) is 0 Å². The van der Waals surface area contributed by atoms with Crippen LogP contribution in [0.1, 0.15) is 37.8 Å². The van der Waals surface area contributed by atoms with E-state index in [1.165, 1.54) is 40.8 Å². The fourth-order valence-electron chi connectivity index (χ4n) is 4.10. The standard InChI is InChI=1S/C27H24N4O5S/c1-27(2,3)24-20(28-16-36-24)14-22-26(33)29-21(25(32)30-22)13-17-15-31(23-12-8-7-11-19(17)23)37(34,35)18-9-5-4-6-10-18/h4-16H,1-3H3,(H,29,33)(H,30,32)/b21-13-,22-14-. The van der Waals surface area contributed by atoms with Crippen molar-refractivity contribution in [2.75, 3.05) is 0 Å². The maximum absolute atomic E-state index is 13.3. The van der Waals surface area contributed by atoms with Gasteiger partial charge in [0.05, 0.1) is 10.4 Å². The lowest BCUT2D eigenvalue weighted by Crippen LogP contribution is -2.46. The molecular weight excluding hydrogens is 492 g/mol. The van der Waals surface area contributed by atoms with Crippen LogP contribution in [-0.4, -0.2) is 27.3 Å². The minimum Gasteiger partial charge on any atom is -0.447 e. The second kappa shape index (κ2) is 8.90. The van der Waals surface area contributed by atoms with Gasteiger partial charge in [0, 0.05) is 22.6 Å². The number of nitrogens with zero attached hydrogens (tertiary/aromatic N) is 2. The normalized spacial score (nSPS) is 13.5. The summed E-state index contributed by atoms with van der Waals surface area (Å²) in [5.41, 5.74) is -0.0814. The molecule has 9 nitrogen and oxygen atoms in total. The molecule has 0 aliphatic heterocycles. The van der Waals surface area contributed by atoms with Crippen molar-refractivity contribution in [3.63, 3.8) is 0 Å². The van der Waals surface area contributed by atoms with Crippen molar-refractivity contribution < 1.29 is 12.8 Å². The quantitative estimate of drug-likeness (QED) is 0.377. The lowest BCUT2D eigenvalue weighted by atomic mass is 9.92. The number of nitrogens with one attached hydrogen (secondary N) is 2. The molecule has 0 atom stereocenters. The first kappa shape index (κ1) is 24.3. The van der Waals surface area contributed by atoms with E-state index in [1.807, 2.05) is 20.8 Å². The number of oxazole rings is 1. The lowest BCUT2D eigenvalue weighted by Gasteiger charge is -2.14. The molecule has 0 saturated heterocycles. The van der Waals surface area contributed by atoms with Gasteiger partial charge in [0.2, 0.25) is 0 Å². The number of hydrogen-bond acceptors (Lipinski definition) is 6. The average molecular weight is 517 g/mol. The SMILES string of the molecule is CC(C)(C)c1ocnc1/C=c1\[nH]c(=O)/c(=C/c2cn(S(=O)(=O)c3ccccc3)c3ccccc23)[nH]c1=O. The smallest absolute Gasteiger partial charge is 0.272 e. The summed E-state index contributed by atoms with van der Waals surface area (Å²) >= 11 is 0. The third-order valence-corrected chi connectivity index (χ3v) is 7.54. The number of aromatic nitrogens is 4. The zero-order valence-corrected chi connectivity index (χ0v) is 21.2. The van der Waals surface area contributed by atoms with E-state index in [-0.39, 0.29) is 21.0 Å². The number of fused-ring (bicyclic) bond motifs is 1. The minimum absolute atomic E-state index is 0.0154. The fraction of sp³-hybridized carbons (Fsp3) is 0.148. The Morgan fingerprint density at radius 1 is 0.892 bits per heavy atom. The molecule has 3 heterocycles. The predicted octanol–water partition coefficient (Wildman–Crippen LogP) is 2.20. The van der Waals surface area contributed by atoms with Crippen molar-refractivity contribution in [2.45, 2.75) is 31.1 Å². The molecule has 0 spiro atoms. The zero-order chi connectivity index (χ0) is 26.4. The molecule has 3 aromatic heterocycles. The van der Waals surface area contributed by atoms with Crippen LogP contribution in [0.25, 0.3) is 23.1 Å². The highest BCUT2D eigenvalue weighted by Crippen LogP contribution is 2.27. The average Bonchev–Trinajstić information content (AvgIpc) is 3.48. The molecule has 0 aliphatic carbocycles. The second-order valence-corrected chi connectivity index (χ2v) is 11.4. The van der Waals surface area contributed by atoms with Crippen molar-refractivity contribution in [3.8, 4) is 0 Å². The Hall–Kier alpha value is -4.44. The molecule has 0 amide bonds. The summed E-state index contributed by atoms with van der Waals surface area (Å²) in [5.74, 6) is 0.579. The van der Waals surface area contributed by atoms with Crippen LogP contribution in [0, 0.1) is 0 Å². The van der Waals surface area contributed by atoms with Gasteiger partial charge in [-0.2, -0.15) is 0 Å². The number of para-hydroxylation sites is 1.